The minimum Gasteiger partial charge on any atom is -0.460 e. The molecule has 0 fully saturated rings. The summed E-state index contributed by atoms with van der Waals surface area (Å²) >= 11 is 0. The van der Waals surface area contributed by atoms with E-state index in [1.165, 1.54) is 0 Å². The molecule has 0 spiro atoms. The summed E-state index contributed by atoms with van der Waals surface area (Å²) < 4.78 is 15.7. The lowest BCUT2D eigenvalue weighted by atomic mass is 10.1. The van der Waals surface area contributed by atoms with Gasteiger partial charge in [0.25, 0.3) is 0 Å². The molecule has 1 aromatic carbocycles. The molecule has 1 rings (SSSR count). The summed E-state index contributed by atoms with van der Waals surface area (Å²) in [5.41, 5.74) is 0.223. The molecule has 9 nitrogen and oxygen atoms in total. The fraction of sp³-hybridized carbons (Fsp3) is 0.565. The maximum Gasteiger partial charge on any atom is 0.413 e. The van der Waals surface area contributed by atoms with Crippen LogP contribution in [0.3, 0.4) is 0 Å². The molecule has 178 valence electrons. The predicted molar refractivity (Wildman–Crippen MR) is 118 cm³/mol. The van der Waals surface area contributed by atoms with Gasteiger partial charge in [0.2, 0.25) is 5.91 Å². The third-order valence-electron chi connectivity index (χ3n) is 3.74. The van der Waals surface area contributed by atoms with E-state index in [0.29, 0.717) is 5.75 Å². The van der Waals surface area contributed by atoms with Crippen LogP contribution in [0.1, 0.15) is 59.1 Å². The highest BCUT2D eigenvalue weighted by molar-refractivity contribution is 5.90. The van der Waals surface area contributed by atoms with Gasteiger partial charge >= 0.3 is 18.0 Å². The molecule has 1 atom stereocenters. The van der Waals surface area contributed by atoms with E-state index in [4.69, 9.17) is 14.2 Å². The number of benzene rings is 1. The van der Waals surface area contributed by atoms with Crippen LogP contribution in [0.25, 0.3) is 0 Å². The lowest BCUT2D eigenvalue weighted by Gasteiger charge is -2.25. The average molecular weight is 451 g/mol. The highest BCUT2D eigenvalue weighted by Gasteiger charge is 2.30. The summed E-state index contributed by atoms with van der Waals surface area (Å²) in [5, 5.41) is 4.72. The molecule has 0 aliphatic rings. The predicted octanol–water partition coefficient (Wildman–Crippen LogP) is 2.95. The van der Waals surface area contributed by atoms with Gasteiger partial charge in [-0.05, 0) is 67.0 Å². The minimum absolute atomic E-state index is 0.366. The topological polar surface area (TPSA) is 120 Å². The minimum atomic E-state index is -1.27. The van der Waals surface area contributed by atoms with Crippen molar-refractivity contribution >= 4 is 23.9 Å². The summed E-state index contributed by atoms with van der Waals surface area (Å²) in [6.45, 7) is 13.3. The normalized spacial score (nSPS) is 12.4. The van der Waals surface area contributed by atoms with Crippen LogP contribution in [-0.2, 0) is 23.9 Å². The molecule has 0 saturated heterocycles. The number of carbonyl (C=O) groups excluding carboxylic acids is 4. The number of nitrogens with one attached hydrogen (secondary N) is 2. The second kappa shape index (κ2) is 11.0. The van der Waals surface area contributed by atoms with Crippen molar-refractivity contribution in [3.8, 4) is 5.75 Å². The standard InChI is InChI=1S/C23H34N2O7/c1-14-9-10-17(15(2)11-14)30-21(29)24-13-18(26)25-16(20(28)32-23(6,7)8)12-19(27)31-22(3,4)5/h9-11,16H,12-13H2,1-8H3,(H,24,29)(H,25,26)/t16-/m0/s1. The van der Waals surface area contributed by atoms with E-state index >= 15 is 0 Å². The Morgan fingerprint density at radius 3 is 2.06 bits per heavy atom. The fourth-order valence-electron chi connectivity index (χ4n) is 2.56. The van der Waals surface area contributed by atoms with Crippen LogP contribution >= 0.6 is 0 Å². The first kappa shape index (κ1) is 26.9. The summed E-state index contributed by atoms with van der Waals surface area (Å²) in [7, 11) is 0. The van der Waals surface area contributed by atoms with E-state index in [1.54, 1.807) is 60.6 Å². The first-order valence-electron chi connectivity index (χ1n) is 10.3. The third kappa shape index (κ3) is 10.8. The molecule has 0 aromatic heterocycles. The van der Waals surface area contributed by atoms with Crippen molar-refractivity contribution < 1.29 is 33.4 Å². The molecular weight excluding hydrogens is 416 g/mol. The lowest BCUT2D eigenvalue weighted by molar-refractivity contribution is -0.165. The zero-order chi connectivity index (χ0) is 24.7. The zero-order valence-corrected chi connectivity index (χ0v) is 20.1. The van der Waals surface area contributed by atoms with Crippen LogP contribution in [0.2, 0.25) is 0 Å². The van der Waals surface area contributed by atoms with Crippen molar-refractivity contribution in [3.05, 3.63) is 29.3 Å². The molecular formula is C23H34N2O7. The van der Waals surface area contributed by atoms with E-state index < -0.39 is 54.1 Å². The van der Waals surface area contributed by atoms with Crippen LogP contribution in [0.4, 0.5) is 4.79 Å². The molecule has 9 heteroatoms. The van der Waals surface area contributed by atoms with Crippen molar-refractivity contribution in [1.29, 1.82) is 0 Å². The van der Waals surface area contributed by atoms with Gasteiger partial charge in [0, 0.05) is 0 Å². The Labute approximate surface area is 189 Å². The first-order chi connectivity index (χ1) is 14.6. The Hall–Kier alpha value is -3.10. The highest BCUT2D eigenvalue weighted by Crippen LogP contribution is 2.18. The lowest BCUT2D eigenvalue weighted by Crippen LogP contribution is -2.49. The number of esters is 2. The number of aryl methyl sites for hydroxylation is 2. The van der Waals surface area contributed by atoms with E-state index in [0.717, 1.165) is 11.1 Å². The number of hydrogen-bond acceptors (Lipinski definition) is 7. The molecule has 0 saturated carbocycles. The van der Waals surface area contributed by atoms with Crippen molar-refractivity contribution in [3.63, 3.8) is 0 Å². The molecule has 0 heterocycles. The number of hydrogen-bond donors (Lipinski definition) is 2. The van der Waals surface area contributed by atoms with Crippen molar-refractivity contribution in [2.45, 2.75) is 79.1 Å². The van der Waals surface area contributed by atoms with Crippen LogP contribution < -0.4 is 15.4 Å². The third-order valence-corrected chi connectivity index (χ3v) is 3.74. The molecule has 0 radical (unpaired) electrons. The molecule has 1 aromatic rings. The van der Waals surface area contributed by atoms with Gasteiger partial charge in [-0.25, -0.2) is 9.59 Å². The Bertz CT molecular complexity index is 851. The van der Waals surface area contributed by atoms with Crippen LogP contribution in [0.15, 0.2) is 18.2 Å². The molecule has 0 aliphatic heterocycles. The second-order valence-electron chi connectivity index (χ2n) is 9.46. The SMILES string of the molecule is Cc1ccc(OC(=O)NCC(=O)N[C@@H](CC(=O)OC(C)(C)C)C(=O)OC(C)(C)C)c(C)c1. The largest absolute Gasteiger partial charge is 0.460 e. The van der Waals surface area contributed by atoms with Gasteiger partial charge in [-0.3, -0.25) is 9.59 Å². The summed E-state index contributed by atoms with van der Waals surface area (Å²) in [6.07, 6.45) is -1.24. The van der Waals surface area contributed by atoms with E-state index in [9.17, 15) is 19.2 Å². The van der Waals surface area contributed by atoms with Gasteiger partial charge in [-0.1, -0.05) is 17.7 Å². The molecule has 2 amide bonds. The maximum atomic E-state index is 12.5. The van der Waals surface area contributed by atoms with Gasteiger partial charge in [0.05, 0.1) is 6.42 Å². The van der Waals surface area contributed by atoms with Gasteiger partial charge < -0.3 is 24.8 Å². The molecule has 0 aliphatic carbocycles. The molecule has 2 N–H and O–H groups in total. The Kier molecular flexibility index (Phi) is 9.23. The van der Waals surface area contributed by atoms with E-state index in [1.807, 2.05) is 13.0 Å². The van der Waals surface area contributed by atoms with Crippen LogP contribution in [0.5, 0.6) is 5.75 Å². The first-order valence-corrected chi connectivity index (χ1v) is 10.3. The number of carbonyl (C=O) groups is 4. The van der Waals surface area contributed by atoms with E-state index in [-0.39, 0.29) is 0 Å². The Morgan fingerprint density at radius 2 is 1.53 bits per heavy atom. The number of ether oxygens (including phenoxy) is 3. The van der Waals surface area contributed by atoms with Gasteiger partial charge in [-0.2, -0.15) is 0 Å². The fourth-order valence-corrected chi connectivity index (χ4v) is 2.56. The monoisotopic (exact) mass is 450 g/mol. The molecule has 0 unspecified atom stereocenters. The highest BCUT2D eigenvalue weighted by atomic mass is 16.6. The summed E-state index contributed by atoms with van der Waals surface area (Å²) in [6, 6.07) is 4.04. The Balaban J connectivity index is 2.72. The number of amides is 2. The second-order valence-corrected chi connectivity index (χ2v) is 9.46. The van der Waals surface area contributed by atoms with Gasteiger partial charge in [0.15, 0.2) is 0 Å². The van der Waals surface area contributed by atoms with Crippen molar-refractivity contribution in [2.75, 3.05) is 6.54 Å². The van der Waals surface area contributed by atoms with Crippen molar-refractivity contribution in [1.82, 2.24) is 10.6 Å². The molecule has 0 bridgehead atoms. The average Bonchev–Trinajstić information content (AvgIpc) is 2.58. The number of rotatable bonds is 7. The van der Waals surface area contributed by atoms with Gasteiger partial charge in [0.1, 0.15) is 29.5 Å². The van der Waals surface area contributed by atoms with Crippen LogP contribution in [-0.4, -0.2) is 47.7 Å². The maximum absolute atomic E-state index is 12.5. The summed E-state index contributed by atoms with van der Waals surface area (Å²) in [4.78, 5) is 49.0. The zero-order valence-electron chi connectivity index (χ0n) is 20.1. The Morgan fingerprint density at radius 1 is 0.938 bits per heavy atom. The van der Waals surface area contributed by atoms with E-state index in [2.05, 4.69) is 10.6 Å². The van der Waals surface area contributed by atoms with Crippen LogP contribution in [0, 0.1) is 13.8 Å². The smallest absolute Gasteiger partial charge is 0.413 e. The van der Waals surface area contributed by atoms with Crippen molar-refractivity contribution in [2.24, 2.45) is 0 Å². The summed E-state index contributed by atoms with van der Waals surface area (Å²) in [5.74, 6) is -1.78. The van der Waals surface area contributed by atoms with Gasteiger partial charge in [-0.15, -0.1) is 0 Å². The molecule has 32 heavy (non-hydrogen) atoms. The quantitative estimate of drug-likeness (QED) is 0.613.